The average Bonchev–Trinajstić information content (AvgIpc) is 3.00. The predicted octanol–water partition coefficient (Wildman–Crippen LogP) is 2.79. The Labute approximate surface area is 141 Å². The Balaban J connectivity index is 0.00000161. The molecular formula is C13H17Cl3N2O2S. The SMILES string of the molecule is Cl.O=S(=O)(c1c(Cl)cccc1Cl)N1CCC2(CCNC2)C1. The van der Waals surface area contributed by atoms with Gasteiger partial charge in [-0.3, -0.25) is 0 Å². The van der Waals surface area contributed by atoms with Gasteiger partial charge in [0.05, 0.1) is 10.0 Å². The molecule has 21 heavy (non-hydrogen) atoms. The number of halogens is 3. The maximum Gasteiger partial charge on any atom is 0.246 e. The van der Waals surface area contributed by atoms with E-state index in [2.05, 4.69) is 5.32 Å². The smallest absolute Gasteiger partial charge is 0.246 e. The summed E-state index contributed by atoms with van der Waals surface area (Å²) in [5.74, 6) is 0. The summed E-state index contributed by atoms with van der Waals surface area (Å²) in [5, 5.41) is 3.68. The summed E-state index contributed by atoms with van der Waals surface area (Å²) in [6, 6.07) is 4.77. The highest BCUT2D eigenvalue weighted by Crippen LogP contribution is 2.40. The number of benzene rings is 1. The van der Waals surface area contributed by atoms with Crippen molar-refractivity contribution in [2.45, 2.75) is 17.7 Å². The molecule has 0 amide bonds. The third-order valence-electron chi connectivity index (χ3n) is 4.25. The molecule has 2 aliphatic heterocycles. The van der Waals surface area contributed by atoms with E-state index in [4.69, 9.17) is 23.2 Å². The van der Waals surface area contributed by atoms with Crippen LogP contribution >= 0.6 is 35.6 Å². The summed E-state index contributed by atoms with van der Waals surface area (Å²) in [6.45, 7) is 2.92. The highest BCUT2D eigenvalue weighted by atomic mass is 35.5. The lowest BCUT2D eigenvalue weighted by Crippen LogP contribution is -2.33. The van der Waals surface area contributed by atoms with E-state index in [1.807, 2.05) is 0 Å². The van der Waals surface area contributed by atoms with Gasteiger partial charge in [-0.2, -0.15) is 4.31 Å². The van der Waals surface area contributed by atoms with Crippen molar-refractivity contribution in [2.75, 3.05) is 26.2 Å². The minimum Gasteiger partial charge on any atom is -0.316 e. The molecule has 1 spiro atoms. The van der Waals surface area contributed by atoms with Crippen LogP contribution in [0.25, 0.3) is 0 Å². The molecule has 4 nitrogen and oxygen atoms in total. The maximum absolute atomic E-state index is 12.8. The van der Waals surface area contributed by atoms with Crippen molar-refractivity contribution < 1.29 is 8.42 Å². The monoisotopic (exact) mass is 370 g/mol. The minimum absolute atomic E-state index is 0. The van der Waals surface area contributed by atoms with Crippen LogP contribution in [-0.2, 0) is 10.0 Å². The van der Waals surface area contributed by atoms with Crippen molar-refractivity contribution >= 4 is 45.6 Å². The van der Waals surface area contributed by atoms with E-state index in [0.717, 1.165) is 25.9 Å². The predicted molar refractivity (Wildman–Crippen MR) is 87.0 cm³/mol. The molecule has 0 aromatic heterocycles. The van der Waals surface area contributed by atoms with Gasteiger partial charge in [0.2, 0.25) is 10.0 Å². The normalized spacial score (nSPS) is 26.2. The van der Waals surface area contributed by atoms with Crippen molar-refractivity contribution in [3.8, 4) is 0 Å². The largest absolute Gasteiger partial charge is 0.316 e. The fourth-order valence-electron chi connectivity index (χ4n) is 3.10. The number of rotatable bonds is 2. The van der Waals surface area contributed by atoms with E-state index in [9.17, 15) is 8.42 Å². The number of hydrogen-bond acceptors (Lipinski definition) is 3. The van der Waals surface area contributed by atoms with Gasteiger partial charge in [-0.25, -0.2) is 8.42 Å². The first-order chi connectivity index (χ1) is 9.45. The summed E-state index contributed by atoms with van der Waals surface area (Å²) in [6.07, 6.45) is 1.91. The summed E-state index contributed by atoms with van der Waals surface area (Å²) in [5.41, 5.74) is 0.0841. The average molecular weight is 372 g/mol. The molecule has 1 atom stereocenters. The zero-order chi connectivity index (χ0) is 14.4. The molecule has 2 heterocycles. The number of nitrogens with one attached hydrogen (secondary N) is 1. The molecular weight excluding hydrogens is 355 g/mol. The van der Waals surface area contributed by atoms with Crippen molar-refractivity contribution in [2.24, 2.45) is 5.41 Å². The van der Waals surface area contributed by atoms with Crippen LogP contribution in [0.2, 0.25) is 10.0 Å². The third-order valence-corrected chi connectivity index (χ3v) is 7.05. The molecule has 2 saturated heterocycles. The first-order valence-electron chi connectivity index (χ1n) is 6.60. The van der Waals surface area contributed by atoms with Crippen molar-refractivity contribution in [1.29, 1.82) is 0 Å². The van der Waals surface area contributed by atoms with Gasteiger partial charge in [0.1, 0.15) is 4.90 Å². The highest BCUT2D eigenvalue weighted by molar-refractivity contribution is 7.89. The molecule has 0 saturated carbocycles. The Bertz CT molecular complexity index is 610. The van der Waals surface area contributed by atoms with Crippen LogP contribution < -0.4 is 5.32 Å². The van der Waals surface area contributed by atoms with Gasteiger partial charge in [0.15, 0.2) is 0 Å². The molecule has 0 radical (unpaired) electrons. The second-order valence-corrected chi connectivity index (χ2v) is 8.26. The molecule has 2 aliphatic rings. The van der Waals surface area contributed by atoms with E-state index in [1.165, 1.54) is 4.31 Å². The molecule has 118 valence electrons. The van der Waals surface area contributed by atoms with Crippen molar-refractivity contribution in [3.63, 3.8) is 0 Å². The third kappa shape index (κ3) is 3.05. The van der Waals surface area contributed by atoms with Gasteiger partial charge in [0, 0.05) is 19.6 Å². The molecule has 1 aromatic carbocycles. The number of sulfonamides is 1. The van der Waals surface area contributed by atoms with Gasteiger partial charge >= 0.3 is 0 Å². The van der Waals surface area contributed by atoms with Crippen LogP contribution in [0.15, 0.2) is 23.1 Å². The zero-order valence-corrected chi connectivity index (χ0v) is 14.5. The lowest BCUT2D eigenvalue weighted by Gasteiger charge is -2.23. The fourth-order valence-corrected chi connectivity index (χ4v) is 5.75. The fraction of sp³-hybridized carbons (Fsp3) is 0.538. The minimum atomic E-state index is -3.62. The lowest BCUT2D eigenvalue weighted by molar-refractivity contribution is 0.338. The van der Waals surface area contributed by atoms with Crippen LogP contribution in [-0.4, -0.2) is 38.9 Å². The molecule has 3 rings (SSSR count). The molecule has 0 bridgehead atoms. The quantitative estimate of drug-likeness (QED) is 0.869. The second-order valence-electron chi connectivity index (χ2n) is 5.57. The standard InChI is InChI=1S/C13H16Cl2N2O2S.ClH/c14-10-2-1-3-11(15)12(10)20(18,19)17-7-5-13(9-17)4-6-16-8-13;/h1-3,16H,4-9H2;1H. The number of nitrogens with zero attached hydrogens (tertiary/aromatic N) is 1. The summed E-state index contributed by atoms with van der Waals surface area (Å²) >= 11 is 12.1. The van der Waals surface area contributed by atoms with Crippen LogP contribution in [0.5, 0.6) is 0 Å². The molecule has 0 aliphatic carbocycles. The topological polar surface area (TPSA) is 49.4 Å². The highest BCUT2D eigenvalue weighted by Gasteiger charge is 2.45. The van der Waals surface area contributed by atoms with Gasteiger partial charge in [-0.15, -0.1) is 12.4 Å². The molecule has 1 N–H and O–H groups in total. The van der Waals surface area contributed by atoms with E-state index in [-0.39, 0.29) is 32.8 Å². The summed E-state index contributed by atoms with van der Waals surface area (Å²) in [4.78, 5) is 0.0336. The Morgan fingerprint density at radius 2 is 1.86 bits per heavy atom. The van der Waals surface area contributed by atoms with Crippen molar-refractivity contribution in [3.05, 3.63) is 28.2 Å². The molecule has 1 unspecified atom stereocenters. The maximum atomic E-state index is 12.8. The van der Waals surface area contributed by atoms with Crippen LogP contribution in [0.4, 0.5) is 0 Å². The Morgan fingerprint density at radius 3 is 2.43 bits per heavy atom. The van der Waals surface area contributed by atoms with E-state index in [0.29, 0.717) is 13.1 Å². The van der Waals surface area contributed by atoms with Crippen LogP contribution in [0.1, 0.15) is 12.8 Å². The van der Waals surface area contributed by atoms with E-state index >= 15 is 0 Å². The number of hydrogen-bond donors (Lipinski definition) is 1. The summed E-state index contributed by atoms with van der Waals surface area (Å²) in [7, 11) is -3.62. The summed E-state index contributed by atoms with van der Waals surface area (Å²) < 4.78 is 27.0. The first-order valence-corrected chi connectivity index (χ1v) is 8.79. The molecule has 8 heteroatoms. The Hall–Kier alpha value is -0.0400. The zero-order valence-electron chi connectivity index (χ0n) is 11.3. The van der Waals surface area contributed by atoms with Crippen molar-refractivity contribution in [1.82, 2.24) is 9.62 Å². The van der Waals surface area contributed by atoms with Gasteiger partial charge in [-0.1, -0.05) is 29.3 Å². The lowest BCUT2D eigenvalue weighted by atomic mass is 9.87. The Kier molecular flexibility index (Phi) is 5.13. The van der Waals surface area contributed by atoms with Gasteiger partial charge in [-0.05, 0) is 36.9 Å². The Morgan fingerprint density at radius 1 is 1.19 bits per heavy atom. The van der Waals surface area contributed by atoms with Crippen LogP contribution in [0.3, 0.4) is 0 Å². The molecule has 2 fully saturated rings. The molecule has 1 aromatic rings. The van der Waals surface area contributed by atoms with Gasteiger partial charge in [0.25, 0.3) is 0 Å². The van der Waals surface area contributed by atoms with Gasteiger partial charge < -0.3 is 5.32 Å². The first kappa shape index (κ1) is 17.3. The van der Waals surface area contributed by atoms with E-state index in [1.54, 1.807) is 18.2 Å². The second kappa shape index (κ2) is 6.22. The van der Waals surface area contributed by atoms with E-state index < -0.39 is 10.0 Å². The van der Waals surface area contributed by atoms with Crippen LogP contribution in [0, 0.1) is 5.41 Å².